The Balaban J connectivity index is 1.93. The highest BCUT2D eigenvalue weighted by Gasteiger charge is 2.44. The summed E-state index contributed by atoms with van der Waals surface area (Å²) in [6.07, 6.45) is 7.42. The Bertz CT molecular complexity index is 924. The van der Waals surface area contributed by atoms with Gasteiger partial charge in [0.05, 0.1) is 24.7 Å². The normalized spacial score (nSPS) is 23.0. The van der Waals surface area contributed by atoms with E-state index in [1.54, 1.807) is 18.9 Å². The molecule has 0 radical (unpaired) electrons. The lowest BCUT2D eigenvalue weighted by Gasteiger charge is -2.43. The number of rotatable bonds is 8. The van der Waals surface area contributed by atoms with E-state index < -0.39 is 5.54 Å². The molecular formula is C27H39ClN2O4. The summed E-state index contributed by atoms with van der Waals surface area (Å²) in [4.78, 5) is 26.6. The highest BCUT2D eigenvalue weighted by atomic mass is 35.5. The van der Waals surface area contributed by atoms with E-state index in [2.05, 4.69) is 38.2 Å². The van der Waals surface area contributed by atoms with Crippen molar-refractivity contribution in [2.24, 2.45) is 5.41 Å². The van der Waals surface area contributed by atoms with Crippen LogP contribution in [0.15, 0.2) is 30.0 Å². The number of esters is 1. The monoisotopic (exact) mass is 490 g/mol. The maximum Gasteiger partial charge on any atom is 0.322 e. The summed E-state index contributed by atoms with van der Waals surface area (Å²) < 4.78 is 10.8. The fourth-order valence-electron chi connectivity index (χ4n) is 4.82. The van der Waals surface area contributed by atoms with Crippen molar-refractivity contribution < 1.29 is 19.1 Å². The molecule has 1 unspecified atom stereocenters. The average Bonchev–Trinajstić information content (AvgIpc) is 2.95. The predicted octanol–water partition coefficient (Wildman–Crippen LogP) is 5.97. The van der Waals surface area contributed by atoms with Gasteiger partial charge in [0.1, 0.15) is 0 Å². The molecule has 1 aliphatic heterocycles. The van der Waals surface area contributed by atoms with Crippen molar-refractivity contribution in [3.8, 4) is 0 Å². The van der Waals surface area contributed by atoms with Gasteiger partial charge in [-0.1, -0.05) is 44.5 Å². The van der Waals surface area contributed by atoms with E-state index >= 15 is 0 Å². The number of nitrogens with one attached hydrogen (secondary N) is 1. The predicted molar refractivity (Wildman–Crippen MR) is 135 cm³/mol. The molecule has 0 spiro atoms. The van der Waals surface area contributed by atoms with Crippen LogP contribution in [-0.2, 0) is 26.2 Å². The lowest BCUT2D eigenvalue weighted by molar-refractivity contribution is -0.143. The van der Waals surface area contributed by atoms with Crippen LogP contribution in [0, 0.1) is 5.41 Å². The van der Waals surface area contributed by atoms with Gasteiger partial charge in [0, 0.05) is 24.9 Å². The molecule has 1 aromatic carbocycles. The van der Waals surface area contributed by atoms with Crippen LogP contribution in [0.2, 0.25) is 5.02 Å². The molecule has 2 aliphatic rings. The van der Waals surface area contributed by atoms with Gasteiger partial charge in [-0.2, -0.15) is 0 Å². The van der Waals surface area contributed by atoms with E-state index in [9.17, 15) is 9.59 Å². The zero-order valence-electron chi connectivity index (χ0n) is 21.2. The van der Waals surface area contributed by atoms with Gasteiger partial charge in [0.15, 0.2) is 0 Å². The minimum absolute atomic E-state index is 0.0802. The minimum atomic E-state index is -0.628. The summed E-state index contributed by atoms with van der Waals surface area (Å²) in [6.45, 7) is 9.07. The number of halogens is 1. The number of benzene rings is 1. The fourth-order valence-corrected chi connectivity index (χ4v) is 5.10. The van der Waals surface area contributed by atoms with Crippen molar-refractivity contribution in [1.82, 2.24) is 10.2 Å². The minimum Gasteiger partial charge on any atom is -0.466 e. The second-order valence-corrected chi connectivity index (χ2v) is 11.0. The van der Waals surface area contributed by atoms with Crippen molar-refractivity contribution in [2.45, 2.75) is 84.3 Å². The third-order valence-corrected chi connectivity index (χ3v) is 7.20. The number of aryl methyl sites for hydroxylation is 1. The van der Waals surface area contributed by atoms with Crippen molar-refractivity contribution in [1.29, 1.82) is 0 Å². The van der Waals surface area contributed by atoms with Gasteiger partial charge >= 0.3 is 12.0 Å². The van der Waals surface area contributed by atoms with Crippen LogP contribution in [0.25, 0.3) is 0 Å². The SMILES string of the molecule is CCOC(=O)CCN1C=C2CC(OC)CCC[C@@]2(c2ccc(CCC(C)(C)C)c(Cl)c2)NC1=O. The molecule has 1 heterocycles. The number of amides is 2. The topological polar surface area (TPSA) is 67.9 Å². The number of hydrogen-bond acceptors (Lipinski definition) is 4. The highest BCUT2D eigenvalue weighted by Crippen LogP contribution is 2.44. The van der Waals surface area contributed by atoms with Crippen LogP contribution in [-0.4, -0.2) is 43.3 Å². The van der Waals surface area contributed by atoms with Crippen LogP contribution < -0.4 is 5.32 Å². The summed E-state index contributed by atoms with van der Waals surface area (Å²) in [5.74, 6) is -0.307. The smallest absolute Gasteiger partial charge is 0.322 e. The highest BCUT2D eigenvalue weighted by molar-refractivity contribution is 6.31. The Morgan fingerprint density at radius 1 is 1.32 bits per heavy atom. The summed E-state index contributed by atoms with van der Waals surface area (Å²) >= 11 is 6.76. The van der Waals surface area contributed by atoms with Crippen molar-refractivity contribution in [3.05, 3.63) is 46.1 Å². The van der Waals surface area contributed by atoms with Crippen LogP contribution in [0.1, 0.15) is 77.3 Å². The van der Waals surface area contributed by atoms with Crippen LogP contribution in [0.4, 0.5) is 4.79 Å². The zero-order valence-corrected chi connectivity index (χ0v) is 22.0. The molecule has 188 valence electrons. The molecule has 1 fully saturated rings. The van der Waals surface area contributed by atoms with Gasteiger partial charge < -0.3 is 19.7 Å². The van der Waals surface area contributed by atoms with Crippen molar-refractivity contribution in [3.63, 3.8) is 0 Å². The number of fused-ring (bicyclic) bond motifs is 1. The van der Waals surface area contributed by atoms with E-state index in [0.29, 0.717) is 13.0 Å². The Kier molecular flexibility index (Phi) is 8.69. The molecule has 2 atom stereocenters. The molecule has 34 heavy (non-hydrogen) atoms. The van der Waals surface area contributed by atoms with Gasteiger partial charge in [0.2, 0.25) is 0 Å². The second-order valence-electron chi connectivity index (χ2n) is 10.6. The quantitative estimate of drug-likeness (QED) is 0.456. The summed E-state index contributed by atoms with van der Waals surface area (Å²) in [7, 11) is 1.74. The van der Waals surface area contributed by atoms with E-state index in [0.717, 1.165) is 53.8 Å². The third kappa shape index (κ3) is 6.33. The first-order valence-corrected chi connectivity index (χ1v) is 12.7. The molecule has 7 heteroatoms. The average molecular weight is 491 g/mol. The summed E-state index contributed by atoms with van der Waals surface area (Å²) in [6, 6.07) is 6.03. The number of nitrogens with zero attached hydrogens (tertiary/aromatic N) is 1. The van der Waals surface area contributed by atoms with Crippen molar-refractivity contribution >= 4 is 23.6 Å². The molecule has 0 bridgehead atoms. The lowest BCUT2D eigenvalue weighted by Crippen LogP contribution is -2.55. The summed E-state index contributed by atoms with van der Waals surface area (Å²) in [5.41, 5.74) is 2.81. The van der Waals surface area contributed by atoms with Gasteiger partial charge in [-0.25, -0.2) is 4.79 Å². The molecular weight excluding hydrogens is 452 g/mol. The Hall–Kier alpha value is -2.05. The van der Waals surface area contributed by atoms with Gasteiger partial charge in [0.25, 0.3) is 0 Å². The molecule has 2 amide bonds. The molecule has 0 saturated heterocycles. The van der Waals surface area contributed by atoms with Crippen LogP contribution in [0.3, 0.4) is 0 Å². The molecule has 0 aromatic heterocycles. The zero-order chi connectivity index (χ0) is 24.9. The largest absolute Gasteiger partial charge is 0.466 e. The van der Waals surface area contributed by atoms with E-state index in [-0.39, 0.29) is 36.5 Å². The van der Waals surface area contributed by atoms with E-state index in [1.165, 1.54) is 0 Å². The van der Waals surface area contributed by atoms with Gasteiger partial charge in [-0.3, -0.25) is 4.79 Å². The molecule has 1 saturated carbocycles. The lowest BCUT2D eigenvalue weighted by atomic mass is 9.77. The van der Waals surface area contributed by atoms with Gasteiger partial charge in [-0.15, -0.1) is 0 Å². The molecule has 1 aromatic rings. The maximum absolute atomic E-state index is 13.2. The maximum atomic E-state index is 13.2. The Labute approximate surface area is 209 Å². The first kappa shape index (κ1) is 26.6. The number of carbonyl (C=O) groups is 2. The fraction of sp³-hybridized carbons (Fsp3) is 0.630. The molecule has 3 rings (SSSR count). The van der Waals surface area contributed by atoms with Gasteiger partial charge in [-0.05, 0) is 73.6 Å². The van der Waals surface area contributed by atoms with Crippen molar-refractivity contribution in [2.75, 3.05) is 20.3 Å². The number of ether oxygens (including phenoxy) is 2. The summed E-state index contributed by atoms with van der Waals surface area (Å²) in [5, 5.41) is 4.03. The molecule has 6 nitrogen and oxygen atoms in total. The number of carbonyl (C=O) groups excluding carboxylic acids is 2. The molecule has 1 aliphatic carbocycles. The van der Waals surface area contributed by atoms with E-state index in [1.807, 2.05) is 12.3 Å². The Morgan fingerprint density at radius 2 is 2.09 bits per heavy atom. The number of urea groups is 1. The van der Waals surface area contributed by atoms with Crippen LogP contribution in [0.5, 0.6) is 0 Å². The standard InChI is InChI=1S/C27H39ClN2O4/c1-6-34-24(31)12-15-30-18-21-16-22(33-5)8-7-13-27(21,29-25(30)32)20-10-9-19(23(28)17-20)11-14-26(2,3)4/h9-10,17-18,22H,6-8,11-16H2,1-5H3,(H,29,32)/t22?,27-/m0/s1. The first-order chi connectivity index (χ1) is 16.1. The Morgan fingerprint density at radius 3 is 2.74 bits per heavy atom. The molecule has 1 N–H and O–H groups in total. The third-order valence-electron chi connectivity index (χ3n) is 6.85. The second kappa shape index (κ2) is 11.1. The van der Waals surface area contributed by atoms with E-state index in [4.69, 9.17) is 21.1 Å². The number of methoxy groups -OCH3 is 1. The first-order valence-electron chi connectivity index (χ1n) is 12.4. The number of hydrogen-bond donors (Lipinski definition) is 1. The van der Waals surface area contributed by atoms with Crippen LogP contribution >= 0.6 is 11.6 Å².